The quantitative estimate of drug-likeness (QED) is 0.903. The summed E-state index contributed by atoms with van der Waals surface area (Å²) in [6.45, 7) is 3.58. The molecule has 21 heavy (non-hydrogen) atoms. The average molecular weight is 293 g/mol. The Morgan fingerprint density at radius 3 is 2.86 bits per heavy atom. The first kappa shape index (κ1) is 15.6. The summed E-state index contributed by atoms with van der Waals surface area (Å²) in [7, 11) is 3.64. The molecule has 1 fully saturated rings. The lowest BCUT2D eigenvalue weighted by molar-refractivity contribution is -0.138. The summed E-state index contributed by atoms with van der Waals surface area (Å²) in [6, 6.07) is 5.40. The van der Waals surface area contributed by atoms with E-state index in [1.807, 2.05) is 0 Å². The van der Waals surface area contributed by atoms with E-state index < -0.39 is 11.9 Å². The minimum atomic E-state index is -0.867. The van der Waals surface area contributed by atoms with Gasteiger partial charge in [0.1, 0.15) is 6.10 Å². The van der Waals surface area contributed by atoms with Gasteiger partial charge in [-0.3, -0.25) is 4.79 Å². The summed E-state index contributed by atoms with van der Waals surface area (Å²) in [5, 5.41) is 9.27. The van der Waals surface area contributed by atoms with Crippen LogP contribution in [0.25, 0.3) is 0 Å². The van der Waals surface area contributed by atoms with E-state index in [1.165, 1.54) is 0 Å². The van der Waals surface area contributed by atoms with Crippen LogP contribution in [0.5, 0.6) is 11.5 Å². The summed E-state index contributed by atoms with van der Waals surface area (Å²) in [4.78, 5) is 13.5. The van der Waals surface area contributed by atoms with Crippen LogP contribution in [0.2, 0.25) is 0 Å². The smallest absolute Gasteiger partial charge is 0.310 e. The second-order valence-electron chi connectivity index (χ2n) is 5.58. The van der Waals surface area contributed by atoms with Crippen LogP contribution in [0.3, 0.4) is 0 Å². The van der Waals surface area contributed by atoms with E-state index >= 15 is 0 Å². The van der Waals surface area contributed by atoms with Crippen molar-refractivity contribution in [3.8, 4) is 11.5 Å². The van der Waals surface area contributed by atoms with E-state index in [0.29, 0.717) is 17.1 Å². The highest BCUT2D eigenvalue weighted by molar-refractivity contribution is 5.77. The Balaban J connectivity index is 2.28. The minimum absolute atomic E-state index is 0.0693. The number of likely N-dealkylation sites (tertiary alicyclic amines) is 1. The molecule has 0 amide bonds. The fraction of sp³-hybridized carbons (Fsp3) is 0.562. The van der Waals surface area contributed by atoms with Crippen molar-refractivity contribution in [3.05, 3.63) is 23.8 Å². The van der Waals surface area contributed by atoms with Crippen LogP contribution in [-0.4, -0.2) is 49.3 Å². The van der Waals surface area contributed by atoms with Crippen molar-refractivity contribution in [1.82, 2.24) is 4.90 Å². The molecule has 1 N–H and O–H groups in total. The van der Waals surface area contributed by atoms with Gasteiger partial charge in [0.15, 0.2) is 11.5 Å². The van der Waals surface area contributed by atoms with E-state index in [0.717, 1.165) is 25.9 Å². The van der Waals surface area contributed by atoms with Gasteiger partial charge in [-0.05, 0) is 39.4 Å². The number of nitrogens with zero attached hydrogens (tertiary/aromatic N) is 1. The molecule has 2 atom stereocenters. The third-order valence-corrected chi connectivity index (χ3v) is 3.93. The number of carboxylic acids is 1. The van der Waals surface area contributed by atoms with Crippen molar-refractivity contribution < 1.29 is 19.4 Å². The molecule has 1 aromatic rings. The van der Waals surface area contributed by atoms with Crippen molar-refractivity contribution >= 4 is 5.97 Å². The molecule has 0 saturated carbocycles. The Kier molecular flexibility index (Phi) is 5.07. The van der Waals surface area contributed by atoms with Crippen LogP contribution >= 0.6 is 0 Å². The molecule has 0 spiro atoms. The summed E-state index contributed by atoms with van der Waals surface area (Å²) in [5.41, 5.74) is 0.662. The van der Waals surface area contributed by atoms with Gasteiger partial charge in [0.2, 0.25) is 0 Å². The third kappa shape index (κ3) is 3.67. The zero-order valence-corrected chi connectivity index (χ0v) is 12.8. The molecule has 1 heterocycles. The van der Waals surface area contributed by atoms with Crippen LogP contribution in [-0.2, 0) is 4.79 Å². The second-order valence-corrected chi connectivity index (χ2v) is 5.58. The van der Waals surface area contributed by atoms with E-state index in [1.54, 1.807) is 32.2 Å². The third-order valence-electron chi connectivity index (χ3n) is 3.93. The molecule has 1 aliphatic heterocycles. The Morgan fingerprint density at radius 2 is 2.24 bits per heavy atom. The Bertz CT molecular complexity index is 503. The molecular formula is C16H23NO4. The number of hydrogen-bond acceptors (Lipinski definition) is 4. The molecular weight excluding hydrogens is 270 g/mol. The van der Waals surface area contributed by atoms with Crippen LogP contribution in [0, 0.1) is 0 Å². The zero-order valence-electron chi connectivity index (χ0n) is 12.8. The van der Waals surface area contributed by atoms with Crippen LogP contribution in [0.1, 0.15) is 31.2 Å². The Morgan fingerprint density at radius 1 is 1.48 bits per heavy atom. The van der Waals surface area contributed by atoms with E-state index in [4.69, 9.17) is 9.47 Å². The number of ether oxygens (including phenoxy) is 2. The number of carboxylic acid groups (broad SMARTS) is 1. The molecule has 5 nitrogen and oxygen atoms in total. The lowest BCUT2D eigenvalue weighted by Gasteiger charge is -2.31. The lowest BCUT2D eigenvalue weighted by atomic mass is 9.99. The maximum Gasteiger partial charge on any atom is 0.310 e. The first-order valence-corrected chi connectivity index (χ1v) is 7.27. The van der Waals surface area contributed by atoms with E-state index in [9.17, 15) is 9.90 Å². The number of likely N-dealkylation sites (N-methyl/N-ethyl adjacent to an activating group) is 1. The van der Waals surface area contributed by atoms with Crippen molar-refractivity contribution in [2.45, 2.75) is 31.8 Å². The van der Waals surface area contributed by atoms with Gasteiger partial charge in [0, 0.05) is 12.1 Å². The number of methoxy groups -OCH3 is 1. The van der Waals surface area contributed by atoms with Gasteiger partial charge in [-0.1, -0.05) is 12.1 Å². The van der Waals surface area contributed by atoms with Crippen molar-refractivity contribution in [2.75, 3.05) is 27.2 Å². The molecule has 0 bridgehead atoms. The molecule has 1 saturated heterocycles. The standard InChI is InChI=1S/C16H23NO4/c1-11(16(18)19)13-7-4-8-14(20-3)15(13)21-12-6-5-9-17(2)10-12/h4,7-8,11-12H,5-6,9-10H2,1-3H3,(H,18,19). The summed E-state index contributed by atoms with van der Waals surface area (Å²) in [5.74, 6) is -0.339. The van der Waals surface area contributed by atoms with Gasteiger partial charge < -0.3 is 19.5 Å². The molecule has 1 aromatic carbocycles. The molecule has 1 aliphatic rings. The molecule has 2 unspecified atom stereocenters. The predicted octanol–water partition coefficient (Wildman–Crippen LogP) is 2.36. The summed E-state index contributed by atoms with van der Waals surface area (Å²) < 4.78 is 11.5. The van der Waals surface area contributed by atoms with Crippen LogP contribution in [0.4, 0.5) is 0 Å². The van der Waals surface area contributed by atoms with Gasteiger partial charge >= 0.3 is 5.97 Å². The van der Waals surface area contributed by atoms with Gasteiger partial charge in [0.05, 0.1) is 13.0 Å². The van der Waals surface area contributed by atoms with Crippen LogP contribution in [0.15, 0.2) is 18.2 Å². The SMILES string of the molecule is COc1cccc(C(C)C(=O)O)c1OC1CCCN(C)C1. The fourth-order valence-electron chi connectivity index (χ4n) is 2.68. The number of piperidine rings is 1. The van der Waals surface area contributed by atoms with Gasteiger partial charge in [0.25, 0.3) is 0 Å². The topological polar surface area (TPSA) is 59.0 Å². The number of rotatable bonds is 5. The normalized spacial score (nSPS) is 20.8. The zero-order chi connectivity index (χ0) is 15.4. The predicted molar refractivity (Wildman–Crippen MR) is 80.2 cm³/mol. The first-order chi connectivity index (χ1) is 10.0. The number of hydrogen-bond donors (Lipinski definition) is 1. The maximum absolute atomic E-state index is 11.3. The van der Waals surface area contributed by atoms with E-state index in [2.05, 4.69) is 11.9 Å². The maximum atomic E-state index is 11.3. The van der Waals surface area contributed by atoms with Crippen molar-refractivity contribution in [3.63, 3.8) is 0 Å². The molecule has 0 aromatic heterocycles. The number of carbonyl (C=O) groups is 1. The minimum Gasteiger partial charge on any atom is -0.493 e. The summed E-state index contributed by atoms with van der Waals surface area (Å²) in [6.07, 6.45) is 2.13. The molecule has 2 rings (SSSR count). The first-order valence-electron chi connectivity index (χ1n) is 7.27. The highest BCUT2D eigenvalue weighted by Gasteiger charge is 2.25. The average Bonchev–Trinajstić information content (AvgIpc) is 2.46. The van der Waals surface area contributed by atoms with Gasteiger partial charge in [-0.2, -0.15) is 0 Å². The second kappa shape index (κ2) is 6.80. The fourth-order valence-corrected chi connectivity index (χ4v) is 2.68. The highest BCUT2D eigenvalue weighted by atomic mass is 16.5. The van der Waals surface area contributed by atoms with Gasteiger partial charge in [-0.15, -0.1) is 0 Å². The monoisotopic (exact) mass is 293 g/mol. The molecule has 0 aliphatic carbocycles. The Hall–Kier alpha value is -1.75. The van der Waals surface area contributed by atoms with Gasteiger partial charge in [-0.25, -0.2) is 0 Å². The van der Waals surface area contributed by atoms with Crippen molar-refractivity contribution in [1.29, 1.82) is 0 Å². The number of benzene rings is 1. The van der Waals surface area contributed by atoms with Crippen molar-refractivity contribution in [2.24, 2.45) is 0 Å². The molecule has 5 heteroatoms. The molecule has 116 valence electrons. The number of para-hydroxylation sites is 1. The van der Waals surface area contributed by atoms with E-state index in [-0.39, 0.29) is 6.10 Å². The largest absolute Gasteiger partial charge is 0.493 e. The summed E-state index contributed by atoms with van der Waals surface area (Å²) >= 11 is 0. The highest BCUT2D eigenvalue weighted by Crippen LogP contribution is 2.37. The van der Waals surface area contributed by atoms with Crippen LogP contribution < -0.4 is 9.47 Å². The Labute approximate surface area is 125 Å². The number of aliphatic carboxylic acids is 1. The molecule has 0 radical (unpaired) electrons. The lowest BCUT2D eigenvalue weighted by Crippen LogP contribution is -2.38.